The lowest BCUT2D eigenvalue weighted by molar-refractivity contribution is 1.09. The molecule has 13 heavy (non-hydrogen) atoms. The molecule has 0 aliphatic carbocycles. The first-order valence-corrected chi connectivity index (χ1v) is 3.90. The number of nitriles is 1. The monoisotopic (exact) mass is 171 g/mol. The van der Waals surface area contributed by atoms with Gasteiger partial charge in [0.1, 0.15) is 5.82 Å². The van der Waals surface area contributed by atoms with Crippen LogP contribution in [0.15, 0.2) is 18.3 Å². The van der Waals surface area contributed by atoms with Gasteiger partial charge >= 0.3 is 0 Å². The molecule has 0 atom stereocenters. The molecule has 0 bridgehead atoms. The third-order valence-corrected chi connectivity index (χ3v) is 1.38. The lowest BCUT2D eigenvalue weighted by Gasteiger charge is -1.90. The molecule has 1 heterocycles. The van der Waals surface area contributed by atoms with Gasteiger partial charge in [-0.25, -0.2) is 4.98 Å². The van der Waals surface area contributed by atoms with E-state index in [1.165, 1.54) is 0 Å². The molecule has 3 nitrogen and oxygen atoms in total. The van der Waals surface area contributed by atoms with E-state index >= 15 is 0 Å². The summed E-state index contributed by atoms with van der Waals surface area (Å²) in [5, 5.41) is 8.25. The van der Waals surface area contributed by atoms with Crippen molar-refractivity contribution < 1.29 is 0 Å². The number of unbranched alkanes of at least 4 members (excludes halogenated alkanes) is 1. The van der Waals surface area contributed by atoms with Gasteiger partial charge in [0.25, 0.3) is 0 Å². The van der Waals surface area contributed by atoms with Gasteiger partial charge in [-0.15, -0.1) is 0 Å². The first kappa shape index (κ1) is 9.09. The van der Waals surface area contributed by atoms with Crippen molar-refractivity contribution in [3.8, 4) is 17.9 Å². The van der Waals surface area contributed by atoms with E-state index in [4.69, 9.17) is 11.0 Å². The predicted molar refractivity (Wildman–Crippen MR) is 50.4 cm³/mol. The summed E-state index contributed by atoms with van der Waals surface area (Å²) in [5.41, 5.74) is 6.23. The summed E-state index contributed by atoms with van der Waals surface area (Å²) in [6.45, 7) is 0. The van der Waals surface area contributed by atoms with Crippen LogP contribution in [-0.4, -0.2) is 4.98 Å². The van der Waals surface area contributed by atoms with E-state index in [-0.39, 0.29) is 0 Å². The molecule has 1 rings (SSSR count). The Morgan fingerprint density at radius 2 is 2.23 bits per heavy atom. The summed E-state index contributed by atoms with van der Waals surface area (Å²) >= 11 is 0. The van der Waals surface area contributed by atoms with Crippen LogP contribution in [0.5, 0.6) is 0 Å². The molecule has 0 aliphatic rings. The molecule has 0 spiro atoms. The number of rotatable bonds is 1. The smallest absolute Gasteiger partial charge is 0.123 e. The number of aromatic nitrogens is 1. The summed E-state index contributed by atoms with van der Waals surface area (Å²) in [7, 11) is 0. The van der Waals surface area contributed by atoms with Crippen LogP contribution >= 0.6 is 0 Å². The Bertz CT molecular complexity index is 362. The molecule has 0 fully saturated rings. The van der Waals surface area contributed by atoms with Crippen LogP contribution in [0, 0.1) is 23.2 Å². The van der Waals surface area contributed by atoms with Gasteiger partial charge in [0.05, 0.1) is 6.07 Å². The lowest BCUT2D eigenvalue weighted by atomic mass is 10.2. The summed E-state index contributed by atoms with van der Waals surface area (Å²) in [6.07, 6.45) is 2.69. The van der Waals surface area contributed by atoms with Crippen molar-refractivity contribution in [1.82, 2.24) is 4.98 Å². The summed E-state index contributed by atoms with van der Waals surface area (Å²) in [5.74, 6) is 6.24. The van der Waals surface area contributed by atoms with E-state index < -0.39 is 0 Å². The van der Waals surface area contributed by atoms with Gasteiger partial charge in [0.2, 0.25) is 0 Å². The minimum atomic E-state index is 0.468. The minimum Gasteiger partial charge on any atom is -0.384 e. The van der Waals surface area contributed by atoms with E-state index in [0.717, 1.165) is 5.56 Å². The van der Waals surface area contributed by atoms with Gasteiger partial charge in [-0.3, -0.25) is 0 Å². The number of nitrogens with zero attached hydrogens (tertiary/aromatic N) is 2. The van der Waals surface area contributed by atoms with Crippen molar-refractivity contribution in [2.24, 2.45) is 0 Å². The number of nitrogens with two attached hydrogens (primary N) is 1. The number of hydrogen-bond donors (Lipinski definition) is 1. The van der Waals surface area contributed by atoms with Crippen LogP contribution < -0.4 is 5.73 Å². The molecule has 0 saturated heterocycles. The van der Waals surface area contributed by atoms with Crippen molar-refractivity contribution in [2.45, 2.75) is 12.8 Å². The molecule has 0 saturated carbocycles. The van der Waals surface area contributed by atoms with Crippen LogP contribution in [0.3, 0.4) is 0 Å². The number of pyridine rings is 1. The standard InChI is InChI=1S/C10H9N3/c11-7-3-1-2-4-9-5-6-10(12)13-8-9/h5-6,8H,1,3H2,(H2,12,13). The molecule has 0 amide bonds. The van der Waals surface area contributed by atoms with E-state index in [0.29, 0.717) is 18.7 Å². The second-order valence-electron chi connectivity index (χ2n) is 2.43. The molecule has 3 heteroatoms. The number of hydrogen-bond acceptors (Lipinski definition) is 3. The van der Waals surface area contributed by atoms with E-state index in [9.17, 15) is 0 Å². The molecule has 0 aliphatic heterocycles. The van der Waals surface area contributed by atoms with Crippen molar-refractivity contribution in [3.05, 3.63) is 23.9 Å². The first-order valence-electron chi connectivity index (χ1n) is 3.90. The van der Waals surface area contributed by atoms with Crippen LogP contribution in [0.1, 0.15) is 18.4 Å². The molecular weight excluding hydrogens is 162 g/mol. The quantitative estimate of drug-likeness (QED) is 0.512. The topological polar surface area (TPSA) is 62.7 Å². The van der Waals surface area contributed by atoms with Crippen molar-refractivity contribution in [1.29, 1.82) is 5.26 Å². The SMILES string of the molecule is N#CCCC#Cc1ccc(N)nc1. The molecule has 0 unspecified atom stereocenters. The zero-order valence-corrected chi connectivity index (χ0v) is 7.12. The van der Waals surface area contributed by atoms with Gasteiger partial charge in [0.15, 0.2) is 0 Å². The molecule has 1 aromatic rings. The lowest BCUT2D eigenvalue weighted by Crippen LogP contribution is -1.88. The van der Waals surface area contributed by atoms with Gasteiger partial charge in [0, 0.05) is 24.6 Å². The van der Waals surface area contributed by atoms with Crippen LogP contribution in [0.25, 0.3) is 0 Å². The molecule has 64 valence electrons. The summed E-state index contributed by atoms with van der Waals surface area (Å²) < 4.78 is 0. The Labute approximate surface area is 77.2 Å². The third kappa shape index (κ3) is 3.27. The highest BCUT2D eigenvalue weighted by Gasteiger charge is 1.86. The van der Waals surface area contributed by atoms with Crippen LogP contribution in [0.4, 0.5) is 5.82 Å². The maximum Gasteiger partial charge on any atom is 0.123 e. The van der Waals surface area contributed by atoms with Crippen molar-refractivity contribution >= 4 is 5.82 Å². The zero-order chi connectivity index (χ0) is 9.52. The maximum atomic E-state index is 8.25. The fourth-order valence-corrected chi connectivity index (χ4v) is 0.762. The Morgan fingerprint density at radius 1 is 1.38 bits per heavy atom. The highest BCUT2D eigenvalue weighted by atomic mass is 14.8. The Hall–Kier alpha value is -2.00. The number of nitrogen functional groups attached to an aromatic ring is 1. The Balaban J connectivity index is 2.58. The minimum absolute atomic E-state index is 0.468. The Morgan fingerprint density at radius 3 is 2.85 bits per heavy atom. The van der Waals surface area contributed by atoms with E-state index in [2.05, 4.69) is 16.8 Å². The highest BCUT2D eigenvalue weighted by Crippen LogP contribution is 1.98. The van der Waals surface area contributed by atoms with Crippen LogP contribution in [-0.2, 0) is 0 Å². The van der Waals surface area contributed by atoms with Gasteiger partial charge < -0.3 is 5.73 Å². The summed E-state index contributed by atoms with van der Waals surface area (Å²) in [6, 6.07) is 5.53. The van der Waals surface area contributed by atoms with E-state index in [1.807, 2.05) is 12.1 Å². The van der Waals surface area contributed by atoms with Gasteiger partial charge in [-0.1, -0.05) is 11.8 Å². The first-order chi connectivity index (χ1) is 6.33. The second-order valence-corrected chi connectivity index (χ2v) is 2.43. The molecule has 2 N–H and O–H groups in total. The normalized spacial score (nSPS) is 8.23. The van der Waals surface area contributed by atoms with Crippen molar-refractivity contribution in [2.75, 3.05) is 5.73 Å². The molecule has 0 aromatic carbocycles. The molecule has 0 radical (unpaired) electrons. The number of anilines is 1. The summed E-state index contributed by atoms with van der Waals surface area (Å²) in [4.78, 5) is 3.89. The predicted octanol–water partition coefficient (Wildman–Crippen LogP) is 1.32. The van der Waals surface area contributed by atoms with Crippen LogP contribution in [0.2, 0.25) is 0 Å². The highest BCUT2D eigenvalue weighted by molar-refractivity contribution is 5.37. The van der Waals surface area contributed by atoms with Gasteiger partial charge in [-0.05, 0) is 12.1 Å². The molecule has 1 aromatic heterocycles. The maximum absolute atomic E-state index is 8.25. The largest absolute Gasteiger partial charge is 0.384 e. The van der Waals surface area contributed by atoms with Crippen molar-refractivity contribution in [3.63, 3.8) is 0 Å². The molecular formula is C10H9N3. The second kappa shape index (κ2) is 4.79. The zero-order valence-electron chi connectivity index (χ0n) is 7.12. The fourth-order valence-electron chi connectivity index (χ4n) is 0.762. The van der Waals surface area contributed by atoms with Gasteiger partial charge in [-0.2, -0.15) is 5.26 Å². The third-order valence-electron chi connectivity index (χ3n) is 1.38. The Kier molecular flexibility index (Phi) is 3.35. The fraction of sp³-hybridized carbons (Fsp3) is 0.200. The van der Waals surface area contributed by atoms with E-state index in [1.54, 1.807) is 12.3 Å². The average molecular weight is 171 g/mol. The average Bonchev–Trinajstić information content (AvgIpc) is 2.15.